The number of halogens is 2. The zero-order chi connectivity index (χ0) is 10.3. The molecule has 0 saturated carbocycles. The molecule has 2 rings (SSSR count). The van der Waals surface area contributed by atoms with Crippen molar-refractivity contribution in [1.29, 1.82) is 0 Å². The van der Waals surface area contributed by atoms with E-state index in [4.69, 9.17) is 4.42 Å². The van der Waals surface area contributed by atoms with E-state index < -0.39 is 17.4 Å². The molecule has 1 aromatic carbocycles. The van der Waals surface area contributed by atoms with Gasteiger partial charge >= 0.3 is 0 Å². The molecule has 72 valence electrons. The molecule has 0 radical (unpaired) electrons. The highest BCUT2D eigenvalue weighted by molar-refractivity contribution is 6.06. The summed E-state index contributed by atoms with van der Waals surface area (Å²) in [6.07, 6.45) is 1.22. The number of carbonyl (C=O) groups excluding carboxylic acids is 1. The van der Waals surface area contributed by atoms with Crippen LogP contribution in [0, 0.1) is 11.6 Å². The summed E-state index contributed by atoms with van der Waals surface area (Å²) in [4.78, 5) is 11.1. The minimum atomic E-state index is -0.858. The van der Waals surface area contributed by atoms with E-state index in [1.807, 2.05) is 0 Å². The summed E-state index contributed by atoms with van der Waals surface area (Å²) in [6, 6.07) is 2.03. The first-order valence-corrected chi connectivity index (χ1v) is 3.97. The topological polar surface area (TPSA) is 30.2 Å². The number of hydrogen-bond donors (Lipinski definition) is 0. The lowest BCUT2D eigenvalue weighted by Crippen LogP contribution is -1.98. The van der Waals surface area contributed by atoms with Crippen LogP contribution >= 0.6 is 0 Å². The highest BCUT2D eigenvalue weighted by atomic mass is 19.1. The van der Waals surface area contributed by atoms with Crippen molar-refractivity contribution in [2.45, 2.75) is 6.92 Å². The first-order chi connectivity index (χ1) is 6.61. The Bertz CT molecular complexity index is 514. The molecule has 0 atom stereocenters. The Morgan fingerprint density at radius 3 is 2.71 bits per heavy atom. The van der Waals surface area contributed by atoms with Gasteiger partial charge in [-0.15, -0.1) is 0 Å². The second-order valence-corrected chi connectivity index (χ2v) is 2.93. The molecule has 1 aromatic heterocycles. The Morgan fingerprint density at radius 2 is 2.07 bits per heavy atom. The van der Waals surface area contributed by atoms with Crippen LogP contribution in [-0.2, 0) is 0 Å². The van der Waals surface area contributed by atoms with Crippen LogP contribution in [0.25, 0.3) is 11.0 Å². The van der Waals surface area contributed by atoms with Gasteiger partial charge < -0.3 is 4.42 Å². The van der Waals surface area contributed by atoms with Crippen molar-refractivity contribution in [3.63, 3.8) is 0 Å². The van der Waals surface area contributed by atoms with Gasteiger partial charge in [0.1, 0.15) is 5.82 Å². The van der Waals surface area contributed by atoms with Crippen molar-refractivity contribution in [3.8, 4) is 0 Å². The number of carbonyl (C=O) groups is 1. The molecule has 14 heavy (non-hydrogen) atoms. The van der Waals surface area contributed by atoms with Gasteiger partial charge in [-0.3, -0.25) is 4.79 Å². The quantitative estimate of drug-likeness (QED) is 0.656. The fourth-order valence-electron chi connectivity index (χ4n) is 1.43. The van der Waals surface area contributed by atoms with E-state index in [0.29, 0.717) is 6.07 Å². The zero-order valence-electron chi connectivity index (χ0n) is 7.30. The zero-order valence-corrected chi connectivity index (χ0v) is 7.30. The predicted octanol–water partition coefficient (Wildman–Crippen LogP) is 2.91. The fourth-order valence-corrected chi connectivity index (χ4v) is 1.43. The first kappa shape index (κ1) is 8.87. The third kappa shape index (κ3) is 1.11. The molecular formula is C10H6F2O2. The molecule has 1 heterocycles. The number of rotatable bonds is 1. The van der Waals surface area contributed by atoms with Gasteiger partial charge in [-0.2, -0.15) is 0 Å². The molecule has 0 fully saturated rings. The molecule has 0 spiro atoms. The fraction of sp³-hybridized carbons (Fsp3) is 0.100. The molecule has 0 aliphatic heterocycles. The van der Waals surface area contributed by atoms with E-state index in [-0.39, 0.29) is 16.5 Å². The van der Waals surface area contributed by atoms with Crippen molar-refractivity contribution in [1.82, 2.24) is 0 Å². The summed E-state index contributed by atoms with van der Waals surface area (Å²) >= 11 is 0. The normalized spacial score (nSPS) is 10.8. The maximum absolute atomic E-state index is 13.2. The molecule has 0 unspecified atom stereocenters. The molecule has 2 nitrogen and oxygen atoms in total. The van der Waals surface area contributed by atoms with E-state index in [0.717, 1.165) is 0 Å². The standard InChI is InChI=1S/C10H6F2O2/c1-5(13)9-6-2-3-14-10(6)8(12)4-7(9)11/h2-4H,1H3. The molecule has 0 bridgehead atoms. The second kappa shape index (κ2) is 2.90. The van der Waals surface area contributed by atoms with E-state index in [2.05, 4.69) is 0 Å². The number of benzene rings is 1. The van der Waals surface area contributed by atoms with Crippen LogP contribution in [0.2, 0.25) is 0 Å². The third-order valence-corrected chi connectivity index (χ3v) is 2.00. The molecule has 0 N–H and O–H groups in total. The lowest BCUT2D eigenvalue weighted by atomic mass is 10.1. The van der Waals surface area contributed by atoms with Crippen LogP contribution in [0.1, 0.15) is 17.3 Å². The summed E-state index contributed by atoms with van der Waals surface area (Å²) in [5.74, 6) is -2.11. The van der Waals surface area contributed by atoms with Crippen LogP contribution < -0.4 is 0 Å². The summed E-state index contributed by atoms with van der Waals surface area (Å²) in [7, 11) is 0. The van der Waals surface area contributed by atoms with Gasteiger partial charge in [-0.25, -0.2) is 8.78 Å². The van der Waals surface area contributed by atoms with E-state index in [1.165, 1.54) is 19.3 Å². The highest BCUT2D eigenvalue weighted by Crippen LogP contribution is 2.25. The Morgan fingerprint density at radius 1 is 1.36 bits per heavy atom. The average molecular weight is 196 g/mol. The Labute approximate surface area is 78.1 Å². The van der Waals surface area contributed by atoms with Gasteiger partial charge in [0.2, 0.25) is 0 Å². The highest BCUT2D eigenvalue weighted by Gasteiger charge is 2.17. The number of hydrogen-bond acceptors (Lipinski definition) is 2. The van der Waals surface area contributed by atoms with Crippen LogP contribution in [0.15, 0.2) is 22.8 Å². The molecule has 0 saturated heterocycles. The van der Waals surface area contributed by atoms with Crippen LogP contribution in [0.5, 0.6) is 0 Å². The number of Topliss-reactive ketones (excluding diaryl/α,β-unsaturated/α-hetero) is 1. The predicted molar refractivity (Wildman–Crippen MR) is 46.1 cm³/mol. The van der Waals surface area contributed by atoms with Crippen molar-refractivity contribution in [2.75, 3.05) is 0 Å². The summed E-state index contributed by atoms with van der Waals surface area (Å²) < 4.78 is 31.1. The summed E-state index contributed by atoms with van der Waals surface area (Å²) in [6.45, 7) is 1.22. The minimum Gasteiger partial charge on any atom is -0.461 e. The Kier molecular flexibility index (Phi) is 1.84. The van der Waals surface area contributed by atoms with Crippen molar-refractivity contribution in [3.05, 3.63) is 35.6 Å². The Balaban J connectivity index is 2.93. The maximum Gasteiger partial charge on any atom is 0.170 e. The van der Waals surface area contributed by atoms with Gasteiger partial charge in [0.05, 0.1) is 11.8 Å². The second-order valence-electron chi connectivity index (χ2n) is 2.93. The summed E-state index contributed by atoms with van der Waals surface area (Å²) in [5.41, 5.74) is -0.216. The monoisotopic (exact) mass is 196 g/mol. The van der Waals surface area contributed by atoms with Crippen molar-refractivity contribution in [2.24, 2.45) is 0 Å². The average Bonchev–Trinajstić information content (AvgIpc) is 2.51. The summed E-state index contributed by atoms with van der Waals surface area (Å²) in [5, 5.41) is 0.176. The Hall–Kier alpha value is -1.71. The van der Waals surface area contributed by atoms with Gasteiger partial charge in [0, 0.05) is 11.5 Å². The lowest BCUT2D eigenvalue weighted by molar-refractivity contribution is 0.101. The molecule has 0 aliphatic carbocycles. The first-order valence-electron chi connectivity index (χ1n) is 3.97. The van der Waals surface area contributed by atoms with Gasteiger partial charge in [0.25, 0.3) is 0 Å². The molecular weight excluding hydrogens is 190 g/mol. The van der Waals surface area contributed by atoms with Crippen molar-refractivity contribution >= 4 is 16.8 Å². The largest absolute Gasteiger partial charge is 0.461 e. The van der Waals surface area contributed by atoms with Crippen LogP contribution in [-0.4, -0.2) is 5.78 Å². The van der Waals surface area contributed by atoms with Gasteiger partial charge in [-0.05, 0) is 13.0 Å². The SMILES string of the molecule is CC(=O)c1c(F)cc(F)c2occc12. The number of furan rings is 1. The van der Waals surface area contributed by atoms with E-state index in [9.17, 15) is 13.6 Å². The van der Waals surface area contributed by atoms with Gasteiger partial charge in [-0.1, -0.05) is 0 Å². The minimum absolute atomic E-state index is 0.0865. The lowest BCUT2D eigenvalue weighted by Gasteiger charge is -2.00. The molecule has 0 amide bonds. The van der Waals surface area contributed by atoms with Gasteiger partial charge in [0.15, 0.2) is 17.2 Å². The molecule has 4 heteroatoms. The smallest absolute Gasteiger partial charge is 0.170 e. The number of fused-ring (bicyclic) bond motifs is 1. The molecule has 0 aliphatic rings. The van der Waals surface area contributed by atoms with Crippen LogP contribution in [0.4, 0.5) is 8.78 Å². The third-order valence-electron chi connectivity index (χ3n) is 2.00. The van der Waals surface area contributed by atoms with Crippen molar-refractivity contribution < 1.29 is 18.0 Å². The van der Waals surface area contributed by atoms with E-state index in [1.54, 1.807) is 0 Å². The van der Waals surface area contributed by atoms with Crippen LogP contribution in [0.3, 0.4) is 0 Å². The number of ketones is 1. The van der Waals surface area contributed by atoms with E-state index >= 15 is 0 Å². The molecule has 2 aromatic rings. The maximum atomic E-state index is 13.2.